The van der Waals surface area contributed by atoms with Gasteiger partial charge in [0, 0.05) is 0 Å². The highest BCUT2D eigenvalue weighted by molar-refractivity contribution is 5.06. The third-order valence-corrected chi connectivity index (χ3v) is 1.88. The van der Waals surface area contributed by atoms with Crippen LogP contribution in [0, 0.1) is 0 Å². The molecular weight excluding hydrogens is 152 g/mol. The van der Waals surface area contributed by atoms with E-state index >= 15 is 0 Å². The van der Waals surface area contributed by atoms with Gasteiger partial charge >= 0.3 is 0 Å². The lowest BCUT2D eigenvalue weighted by molar-refractivity contribution is 0.136. The number of hydrogen-bond donors (Lipinski definition) is 0. The summed E-state index contributed by atoms with van der Waals surface area (Å²) in [6, 6.07) is 7.54. The van der Waals surface area contributed by atoms with E-state index in [1.165, 1.54) is 0 Å². The Morgan fingerprint density at radius 2 is 1.75 bits per heavy atom. The summed E-state index contributed by atoms with van der Waals surface area (Å²) in [4.78, 5) is 8.45. The van der Waals surface area contributed by atoms with Gasteiger partial charge in [0.15, 0.2) is 5.66 Å². The zero-order chi connectivity index (χ0) is 8.60. The van der Waals surface area contributed by atoms with Gasteiger partial charge in [-0.3, -0.25) is 9.98 Å². The van der Waals surface area contributed by atoms with Gasteiger partial charge in [-0.2, -0.15) is 0 Å². The number of para-hydroxylation sites is 2. The Hall–Kier alpha value is -1.22. The molecule has 1 aliphatic heterocycles. The number of benzene rings is 1. The second-order valence-electron chi connectivity index (χ2n) is 3.07. The number of nitrogens with zero attached hydrogens (tertiary/aromatic N) is 2. The molecule has 1 aromatic carbocycles. The van der Waals surface area contributed by atoms with Crippen molar-refractivity contribution in [2.24, 2.45) is 9.98 Å². The predicted octanol–water partition coefficient (Wildman–Crippen LogP) is 0.0861. The van der Waals surface area contributed by atoms with Crippen molar-refractivity contribution >= 4 is 0 Å². The second-order valence-corrected chi connectivity index (χ2v) is 3.07. The normalized spacial score (nSPS) is 17.8. The monoisotopic (exact) mass is 161 g/mol. The Bertz CT molecular complexity index is 376. The molecule has 2 rings (SSSR count). The first-order chi connectivity index (χ1) is 5.73. The Balaban J connectivity index is 2.68. The molecule has 0 amide bonds. The summed E-state index contributed by atoms with van der Waals surface area (Å²) in [6.45, 7) is 1.46. The Kier molecular flexibility index (Phi) is 1.48. The topological polar surface area (TPSA) is 44.6 Å². The van der Waals surface area contributed by atoms with Gasteiger partial charge in [0.05, 0.1) is 10.7 Å². The predicted molar refractivity (Wildman–Crippen MR) is 42.7 cm³/mol. The molecule has 0 aromatic heterocycles. The lowest BCUT2D eigenvalue weighted by atomic mass is 10.2. The Morgan fingerprint density at radius 1 is 1.25 bits per heavy atom. The van der Waals surface area contributed by atoms with Crippen LogP contribution in [0.4, 0.5) is 0 Å². The molecule has 0 saturated heterocycles. The van der Waals surface area contributed by atoms with Crippen molar-refractivity contribution in [2.75, 3.05) is 6.61 Å². The zero-order valence-corrected chi connectivity index (χ0v) is 6.82. The van der Waals surface area contributed by atoms with Crippen molar-refractivity contribution in [3.63, 3.8) is 0 Å². The lowest BCUT2D eigenvalue weighted by Crippen LogP contribution is -2.21. The average molecular weight is 161 g/mol. The van der Waals surface area contributed by atoms with Crippen molar-refractivity contribution in [3.05, 3.63) is 35.0 Å². The largest absolute Gasteiger partial charge is 0.251 e. The van der Waals surface area contributed by atoms with Gasteiger partial charge in [0.2, 0.25) is 0 Å². The van der Waals surface area contributed by atoms with E-state index in [4.69, 9.17) is 0 Å². The molecular formula is C9H9N2O. The molecule has 0 bridgehead atoms. The Morgan fingerprint density at radius 3 is 2.17 bits per heavy atom. The van der Waals surface area contributed by atoms with E-state index in [0.29, 0.717) is 0 Å². The van der Waals surface area contributed by atoms with Crippen LogP contribution in [0.25, 0.3) is 0 Å². The van der Waals surface area contributed by atoms with Crippen LogP contribution in [0.15, 0.2) is 34.3 Å². The molecule has 3 heteroatoms. The molecule has 1 aromatic rings. The fourth-order valence-corrected chi connectivity index (χ4v) is 1.26. The minimum absolute atomic E-state index is 0.290. The first-order valence-corrected chi connectivity index (χ1v) is 3.86. The van der Waals surface area contributed by atoms with E-state index in [2.05, 4.69) is 9.98 Å². The van der Waals surface area contributed by atoms with Crippen LogP contribution in [0.3, 0.4) is 0 Å². The zero-order valence-electron chi connectivity index (χ0n) is 6.82. The quantitative estimate of drug-likeness (QED) is 0.560. The fourth-order valence-electron chi connectivity index (χ4n) is 1.26. The van der Waals surface area contributed by atoms with Crippen LogP contribution in [-0.2, 0) is 5.11 Å². The molecule has 0 unspecified atom stereocenters. The van der Waals surface area contributed by atoms with Crippen molar-refractivity contribution in [1.82, 2.24) is 0 Å². The highest BCUT2D eigenvalue weighted by Gasteiger charge is 2.23. The minimum atomic E-state index is -0.760. The third kappa shape index (κ3) is 1.02. The van der Waals surface area contributed by atoms with Crippen molar-refractivity contribution in [3.8, 4) is 0 Å². The van der Waals surface area contributed by atoms with Crippen LogP contribution in [0.1, 0.15) is 6.92 Å². The van der Waals surface area contributed by atoms with E-state index in [0.717, 1.165) is 10.7 Å². The molecule has 0 N–H and O–H groups in total. The summed E-state index contributed by atoms with van der Waals surface area (Å²) >= 11 is 0. The maximum atomic E-state index is 10.7. The average Bonchev–Trinajstić information content (AvgIpc) is 2.42. The van der Waals surface area contributed by atoms with Crippen LogP contribution >= 0.6 is 0 Å². The summed E-state index contributed by atoms with van der Waals surface area (Å²) in [5, 5.41) is 12.4. The van der Waals surface area contributed by atoms with Gasteiger partial charge in [-0.25, -0.2) is 5.11 Å². The highest BCUT2D eigenvalue weighted by atomic mass is 16.3. The standard InChI is InChI=1S/C9H9N2O/c1-9(6-12)10-7-4-2-3-5-8(7)11-9/h2-5H,6H2,1H3. The van der Waals surface area contributed by atoms with Crippen LogP contribution in [0.5, 0.6) is 0 Å². The summed E-state index contributed by atoms with van der Waals surface area (Å²) in [5.41, 5.74) is -0.760. The van der Waals surface area contributed by atoms with E-state index in [9.17, 15) is 5.11 Å². The molecule has 12 heavy (non-hydrogen) atoms. The smallest absolute Gasteiger partial charge is 0.175 e. The third-order valence-electron chi connectivity index (χ3n) is 1.88. The van der Waals surface area contributed by atoms with E-state index < -0.39 is 5.66 Å². The molecule has 0 aliphatic carbocycles. The molecule has 0 saturated carbocycles. The number of rotatable bonds is 1. The lowest BCUT2D eigenvalue weighted by Gasteiger charge is -2.10. The molecule has 3 nitrogen and oxygen atoms in total. The maximum Gasteiger partial charge on any atom is 0.175 e. The van der Waals surface area contributed by atoms with Gasteiger partial charge in [-0.15, -0.1) is 0 Å². The summed E-state index contributed by atoms with van der Waals surface area (Å²) in [5.74, 6) is 0. The molecule has 0 fully saturated rings. The molecule has 1 radical (unpaired) electrons. The van der Waals surface area contributed by atoms with Gasteiger partial charge in [-0.05, 0) is 19.1 Å². The number of fused-ring (bicyclic) bond motifs is 1. The number of hydrogen-bond acceptors (Lipinski definition) is 2. The van der Waals surface area contributed by atoms with Crippen molar-refractivity contribution in [1.29, 1.82) is 0 Å². The van der Waals surface area contributed by atoms with Gasteiger partial charge in [0.25, 0.3) is 0 Å². The molecule has 61 valence electrons. The second kappa shape index (κ2) is 2.38. The summed E-state index contributed by atoms with van der Waals surface area (Å²) in [6.07, 6.45) is 0. The van der Waals surface area contributed by atoms with Crippen molar-refractivity contribution < 1.29 is 5.11 Å². The van der Waals surface area contributed by atoms with Gasteiger partial charge in [0.1, 0.15) is 6.61 Å². The summed E-state index contributed by atoms with van der Waals surface area (Å²) < 4.78 is 0. The van der Waals surface area contributed by atoms with E-state index in [1.807, 2.05) is 24.3 Å². The SMILES string of the molecule is CC1(C[O])N=c2ccccc2=N1. The van der Waals surface area contributed by atoms with E-state index in [-0.39, 0.29) is 6.61 Å². The van der Waals surface area contributed by atoms with Gasteiger partial charge < -0.3 is 0 Å². The molecule has 0 spiro atoms. The summed E-state index contributed by atoms with van der Waals surface area (Å²) in [7, 11) is 0. The minimum Gasteiger partial charge on any atom is -0.251 e. The van der Waals surface area contributed by atoms with Crippen LogP contribution in [-0.4, -0.2) is 12.3 Å². The fraction of sp³-hybridized carbons (Fsp3) is 0.333. The van der Waals surface area contributed by atoms with E-state index in [1.54, 1.807) is 6.92 Å². The first kappa shape index (κ1) is 7.43. The first-order valence-electron chi connectivity index (χ1n) is 3.86. The maximum absolute atomic E-state index is 10.7. The van der Waals surface area contributed by atoms with Crippen molar-refractivity contribution in [2.45, 2.75) is 12.6 Å². The molecule has 1 aliphatic rings. The Labute approximate surface area is 70.1 Å². The highest BCUT2D eigenvalue weighted by Crippen LogP contribution is 2.10. The van der Waals surface area contributed by atoms with Crippen LogP contribution in [0.2, 0.25) is 0 Å². The molecule has 1 heterocycles. The van der Waals surface area contributed by atoms with Crippen LogP contribution < -0.4 is 10.7 Å². The van der Waals surface area contributed by atoms with Gasteiger partial charge in [-0.1, -0.05) is 12.1 Å². The molecule has 0 atom stereocenters.